The molecule has 9 aromatic rings. The van der Waals surface area contributed by atoms with Gasteiger partial charge in [-0.25, -0.2) is 0 Å². The van der Waals surface area contributed by atoms with Gasteiger partial charge >= 0.3 is 0 Å². The van der Waals surface area contributed by atoms with Gasteiger partial charge < -0.3 is 9.32 Å². The van der Waals surface area contributed by atoms with E-state index in [1.807, 2.05) is 12.1 Å². The summed E-state index contributed by atoms with van der Waals surface area (Å²) in [5.74, 6) is 0. The van der Waals surface area contributed by atoms with Crippen LogP contribution in [0, 0.1) is 0 Å². The Kier molecular flexibility index (Phi) is 6.84. The molecular formula is C46H31NO. The van der Waals surface area contributed by atoms with E-state index in [1.165, 1.54) is 33.0 Å². The standard InChI is InChI=1S/C46H31NO/c1-2-13-32(14-3-1)34-17-11-20-37(30-34)47(38-27-28-46-43(31-38)42-23-7-9-26-45(42)48-46)44-25-8-6-22-41(44)36-19-10-18-35(29-36)40-24-12-16-33-15-4-5-21-39(33)40/h1-31H. The maximum absolute atomic E-state index is 6.24. The van der Waals surface area contributed by atoms with Gasteiger partial charge in [0.05, 0.1) is 5.69 Å². The molecule has 0 radical (unpaired) electrons. The second kappa shape index (κ2) is 11.8. The number of anilines is 3. The number of benzene rings is 8. The number of para-hydroxylation sites is 2. The van der Waals surface area contributed by atoms with Crippen LogP contribution in [0.4, 0.5) is 17.1 Å². The van der Waals surface area contributed by atoms with Crippen molar-refractivity contribution in [2.24, 2.45) is 0 Å². The van der Waals surface area contributed by atoms with E-state index in [4.69, 9.17) is 4.42 Å². The van der Waals surface area contributed by atoms with E-state index in [-0.39, 0.29) is 0 Å². The molecule has 0 unspecified atom stereocenters. The molecule has 48 heavy (non-hydrogen) atoms. The Morgan fingerprint density at radius 2 is 0.938 bits per heavy atom. The number of hydrogen-bond acceptors (Lipinski definition) is 2. The Morgan fingerprint density at radius 1 is 0.333 bits per heavy atom. The van der Waals surface area contributed by atoms with Crippen molar-refractivity contribution in [1.29, 1.82) is 0 Å². The highest BCUT2D eigenvalue weighted by Gasteiger charge is 2.20. The summed E-state index contributed by atoms with van der Waals surface area (Å²) >= 11 is 0. The Labute approximate surface area is 279 Å². The summed E-state index contributed by atoms with van der Waals surface area (Å²) in [5.41, 5.74) is 12.1. The molecule has 0 aliphatic carbocycles. The number of furan rings is 1. The number of hydrogen-bond donors (Lipinski definition) is 0. The van der Waals surface area contributed by atoms with Crippen molar-refractivity contribution in [2.75, 3.05) is 4.90 Å². The summed E-state index contributed by atoms with van der Waals surface area (Å²) in [4.78, 5) is 2.38. The molecule has 0 atom stereocenters. The Morgan fingerprint density at radius 3 is 1.85 bits per heavy atom. The summed E-state index contributed by atoms with van der Waals surface area (Å²) in [7, 11) is 0. The van der Waals surface area contributed by atoms with E-state index in [0.717, 1.165) is 50.1 Å². The topological polar surface area (TPSA) is 16.4 Å². The molecule has 0 N–H and O–H groups in total. The zero-order valence-electron chi connectivity index (χ0n) is 26.3. The van der Waals surface area contributed by atoms with Gasteiger partial charge in [-0.2, -0.15) is 0 Å². The van der Waals surface area contributed by atoms with E-state index in [0.29, 0.717) is 0 Å². The minimum atomic E-state index is 0.883. The third-order valence-electron chi connectivity index (χ3n) is 9.25. The van der Waals surface area contributed by atoms with Gasteiger partial charge in [-0.15, -0.1) is 0 Å². The predicted molar refractivity (Wildman–Crippen MR) is 202 cm³/mol. The molecule has 1 heterocycles. The Hall–Kier alpha value is -6.38. The van der Waals surface area contributed by atoms with Crippen molar-refractivity contribution < 1.29 is 4.42 Å². The summed E-state index contributed by atoms with van der Waals surface area (Å²) in [6.45, 7) is 0. The first-order valence-electron chi connectivity index (χ1n) is 16.3. The maximum Gasteiger partial charge on any atom is 0.135 e. The molecule has 1 aromatic heterocycles. The lowest BCUT2D eigenvalue weighted by atomic mass is 9.94. The average Bonchev–Trinajstić information content (AvgIpc) is 3.54. The van der Waals surface area contributed by atoms with Gasteiger partial charge in [-0.1, -0.05) is 140 Å². The first-order chi connectivity index (χ1) is 23.8. The van der Waals surface area contributed by atoms with Crippen LogP contribution < -0.4 is 4.90 Å². The van der Waals surface area contributed by atoms with E-state index in [1.54, 1.807) is 0 Å². The van der Waals surface area contributed by atoms with Gasteiger partial charge in [0.15, 0.2) is 0 Å². The Balaban J connectivity index is 1.25. The highest BCUT2D eigenvalue weighted by Crippen LogP contribution is 2.44. The zero-order chi connectivity index (χ0) is 31.9. The fraction of sp³-hybridized carbons (Fsp3) is 0. The first-order valence-corrected chi connectivity index (χ1v) is 16.3. The molecule has 0 aliphatic heterocycles. The molecule has 0 fully saturated rings. The summed E-state index contributed by atoms with van der Waals surface area (Å²) in [6, 6.07) is 67.0. The number of rotatable bonds is 6. The highest BCUT2D eigenvalue weighted by atomic mass is 16.3. The van der Waals surface area contributed by atoms with Crippen LogP contribution in [0.25, 0.3) is 66.1 Å². The van der Waals surface area contributed by atoms with Crippen molar-refractivity contribution in [3.63, 3.8) is 0 Å². The smallest absolute Gasteiger partial charge is 0.135 e. The summed E-state index contributed by atoms with van der Waals surface area (Å²) in [5, 5.41) is 4.71. The van der Waals surface area contributed by atoms with Crippen molar-refractivity contribution in [3.05, 3.63) is 188 Å². The molecule has 0 bridgehead atoms. The van der Waals surface area contributed by atoms with Crippen LogP contribution in [0.3, 0.4) is 0 Å². The fourth-order valence-corrected chi connectivity index (χ4v) is 6.98. The first kappa shape index (κ1) is 27.9. The second-order valence-corrected chi connectivity index (χ2v) is 12.2. The van der Waals surface area contributed by atoms with Crippen LogP contribution in [0.2, 0.25) is 0 Å². The minimum absolute atomic E-state index is 0.883. The second-order valence-electron chi connectivity index (χ2n) is 12.2. The molecule has 0 aliphatic rings. The molecule has 0 spiro atoms. The summed E-state index contributed by atoms with van der Waals surface area (Å²) in [6.07, 6.45) is 0. The van der Waals surface area contributed by atoms with Crippen LogP contribution in [-0.2, 0) is 0 Å². The molecule has 226 valence electrons. The largest absolute Gasteiger partial charge is 0.456 e. The monoisotopic (exact) mass is 613 g/mol. The number of nitrogens with zero attached hydrogens (tertiary/aromatic N) is 1. The normalized spacial score (nSPS) is 11.3. The third-order valence-corrected chi connectivity index (χ3v) is 9.25. The lowest BCUT2D eigenvalue weighted by Crippen LogP contribution is -2.11. The van der Waals surface area contributed by atoms with Gasteiger partial charge in [0.25, 0.3) is 0 Å². The van der Waals surface area contributed by atoms with Crippen LogP contribution in [0.15, 0.2) is 192 Å². The summed E-state index contributed by atoms with van der Waals surface area (Å²) < 4.78 is 6.24. The minimum Gasteiger partial charge on any atom is -0.456 e. The zero-order valence-corrected chi connectivity index (χ0v) is 26.3. The SMILES string of the molecule is c1ccc(-c2cccc(N(c3ccc4oc5ccccc5c4c3)c3ccccc3-c3cccc(-c4cccc5ccccc45)c3)c2)cc1. The molecule has 2 nitrogen and oxygen atoms in total. The lowest BCUT2D eigenvalue weighted by Gasteiger charge is -2.28. The lowest BCUT2D eigenvalue weighted by molar-refractivity contribution is 0.669. The molecule has 0 saturated carbocycles. The van der Waals surface area contributed by atoms with Gasteiger partial charge in [0.1, 0.15) is 11.2 Å². The molecule has 8 aromatic carbocycles. The maximum atomic E-state index is 6.24. The van der Waals surface area contributed by atoms with Crippen molar-refractivity contribution in [1.82, 2.24) is 0 Å². The van der Waals surface area contributed by atoms with E-state index < -0.39 is 0 Å². The molecular weight excluding hydrogens is 583 g/mol. The van der Waals surface area contributed by atoms with Gasteiger partial charge in [0, 0.05) is 27.7 Å². The predicted octanol–water partition coefficient (Wildman–Crippen LogP) is 13.2. The van der Waals surface area contributed by atoms with Crippen LogP contribution in [0.5, 0.6) is 0 Å². The van der Waals surface area contributed by atoms with Crippen molar-refractivity contribution in [2.45, 2.75) is 0 Å². The van der Waals surface area contributed by atoms with Crippen LogP contribution in [0.1, 0.15) is 0 Å². The van der Waals surface area contributed by atoms with E-state index in [2.05, 4.69) is 181 Å². The van der Waals surface area contributed by atoms with Crippen molar-refractivity contribution >= 4 is 49.8 Å². The quantitative estimate of drug-likeness (QED) is 0.185. The highest BCUT2D eigenvalue weighted by molar-refractivity contribution is 6.07. The molecule has 2 heteroatoms. The van der Waals surface area contributed by atoms with E-state index >= 15 is 0 Å². The average molecular weight is 614 g/mol. The van der Waals surface area contributed by atoms with Crippen molar-refractivity contribution in [3.8, 4) is 33.4 Å². The molecule has 0 saturated heterocycles. The van der Waals surface area contributed by atoms with Gasteiger partial charge in [-0.3, -0.25) is 0 Å². The van der Waals surface area contributed by atoms with Gasteiger partial charge in [-0.05, 0) is 87.1 Å². The van der Waals surface area contributed by atoms with Crippen LogP contribution in [-0.4, -0.2) is 0 Å². The molecule has 0 amide bonds. The van der Waals surface area contributed by atoms with Gasteiger partial charge in [0.2, 0.25) is 0 Å². The number of fused-ring (bicyclic) bond motifs is 4. The van der Waals surface area contributed by atoms with Crippen LogP contribution >= 0.6 is 0 Å². The van der Waals surface area contributed by atoms with E-state index in [9.17, 15) is 0 Å². The Bertz CT molecular complexity index is 2570. The third kappa shape index (κ3) is 4.92. The fourth-order valence-electron chi connectivity index (χ4n) is 6.98. The molecule has 9 rings (SSSR count).